The van der Waals surface area contributed by atoms with E-state index in [1.807, 2.05) is 0 Å². The first-order valence-corrected chi connectivity index (χ1v) is 16.6. The maximum atomic E-state index is 12.7. The normalized spacial score (nSPS) is 10.0. The van der Waals surface area contributed by atoms with Crippen LogP contribution in [0.15, 0.2) is 129 Å². The third kappa shape index (κ3) is 14.1. The molecule has 0 saturated heterocycles. The minimum atomic E-state index is -0.607. The van der Waals surface area contributed by atoms with Gasteiger partial charge in [-0.3, -0.25) is 0 Å². The topological polar surface area (TPSA) is 202 Å². The third-order valence-corrected chi connectivity index (χ3v) is 7.23. The zero-order chi connectivity index (χ0) is 39.6. The minimum Gasteiger partial charge on any atom is -0.423 e. The van der Waals surface area contributed by atoms with E-state index in [1.54, 1.807) is 66.7 Å². The molecule has 6 N–H and O–H groups in total. The molecule has 282 valence electrons. The fourth-order valence-electron chi connectivity index (χ4n) is 4.65. The van der Waals surface area contributed by atoms with E-state index in [1.165, 1.54) is 24.3 Å². The molecule has 0 spiro atoms. The van der Waals surface area contributed by atoms with Crippen LogP contribution in [0.5, 0.6) is 17.2 Å². The summed E-state index contributed by atoms with van der Waals surface area (Å²) in [7, 11) is 0. The lowest BCUT2D eigenvalue weighted by Gasteiger charge is -2.14. The number of carbonyl (C=O) groups is 6. The fraction of sp³-hybridized carbons (Fsp3) is 0.100. The maximum Gasteiger partial charge on any atom is 0.335 e. The largest absolute Gasteiger partial charge is 0.423 e. The van der Waals surface area contributed by atoms with Crippen molar-refractivity contribution in [1.82, 2.24) is 21.3 Å². The summed E-state index contributed by atoms with van der Waals surface area (Å²) in [6.45, 7) is 10.6. The number of benzene rings is 4. The van der Waals surface area contributed by atoms with Gasteiger partial charge >= 0.3 is 36.0 Å². The molecule has 0 aromatic heterocycles. The van der Waals surface area contributed by atoms with Crippen LogP contribution in [0.25, 0.3) is 0 Å². The molecule has 6 amide bonds. The second-order valence-electron chi connectivity index (χ2n) is 11.4. The van der Waals surface area contributed by atoms with Crippen LogP contribution in [0.2, 0.25) is 0 Å². The van der Waals surface area contributed by atoms with Gasteiger partial charge in [-0.05, 0) is 82.9 Å². The van der Waals surface area contributed by atoms with Gasteiger partial charge in [0.05, 0.1) is 0 Å². The molecule has 4 rings (SSSR count). The lowest BCUT2D eigenvalue weighted by atomic mass is 10.1. The van der Waals surface area contributed by atoms with Gasteiger partial charge in [0.25, 0.3) is 0 Å². The summed E-state index contributed by atoms with van der Waals surface area (Å²) in [6.07, 6.45) is 3.14. The standard InChI is InChI=1S/C40H38N6O9/c1-4-35(47)53-32-13-7-26(8-14-32)22-41-38(50)42-23-27-19-28(24-43-39(51)45-30-9-15-33(16-10-30)54-36(48)5-2)21-29(20-27)25-44-40(52)46-31-11-17-34(18-12-31)55-37(49)6-3/h4-21H,1-3,22-25H2,(H2,41,42,50)(H2,43,45,51)(H2,44,46,52). The first-order chi connectivity index (χ1) is 26.5. The van der Waals surface area contributed by atoms with Crippen molar-refractivity contribution in [3.8, 4) is 17.2 Å². The number of urea groups is 3. The zero-order valence-electron chi connectivity index (χ0n) is 29.5. The highest BCUT2D eigenvalue weighted by atomic mass is 16.5. The molecule has 0 unspecified atom stereocenters. The summed E-state index contributed by atoms with van der Waals surface area (Å²) in [5.74, 6) is -0.871. The van der Waals surface area contributed by atoms with Gasteiger partial charge in [0.1, 0.15) is 17.2 Å². The van der Waals surface area contributed by atoms with E-state index in [4.69, 9.17) is 14.2 Å². The van der Waals surface area contributed by atoms with Crippen molar-refractivity contribution >= 4 is 47.4 Å². The monoisotopic (exact) mass is 746 g/mol. The number of anilines is 2. The van der Waals surface area contributed by atoms with Crippen molar-refractivity contribution in [2.75, 3.05) is 10.6 Å². The second kappa shape index (κ2) is 20.4. The summed E-state index contributed by atoms with van der Waals surface area (Å²) in [6, 6.07) is 22.9. The zero-order valence-corrected chi connectivity index (χ0v) is 29.5. The Kier molecular flexibility index (Phi) is 14.9. The summed E-state index contributed by atoms with van der Waals surface area (Å²) in [4.78, 5) is 72.3. The Hall–Kier alpha value is -7.68. The molecule has 0 heterocycles. The summed E-state index contributed by atoms with van der Waals surface area (Å²) < 4.78 is 15.1. The van der Waals surface area contributed by atoms with Crippen LogP contribution < -0.4 is 46.1 Å². The Balaban J connectivity index is 1.36. The number of hydrogen-bond acceptors (Lipinski definition) is 9. The molecule has 15 nitrogen and oxygen atoms in total. The molecule has 0 saturated carbocycles. The predicted octanol–water partition coefficient (Wildman–Crippen LogP) is 5.60. The summed E-state index contributed by atoms with van der Waals surface area (Å²) in [5.41, 5.74) is 3.73. The van der Waals surface area contributed by atoms with Crippen molar-refractivity contribution in [3.63, 3.8) is 0 Å². The van der Waals surface area contributed by atoms with Crippen LogP contribution in [0.3, 0.4) is 0 Å². The number of rotatable bonds is 16. The van der Waals surface area contributed by atoms with Gasteiger partial charge in [-0.15, -0.1) is 0 Å². The third-order valence-electron chi connectivity index (χ3n) is 7.23. The van der Waals surface area contributed by atoms with E-state index in [2.05, 4.69) is 51.6 Å². The van der Waals surface area contributed by atoms with Gasteiger partial charge in [0, 0.05) is 55.8 Å². The molecule has 0 aliphatic heterocycles. The molecule has 0 radical (unpaired) electrons. The van der Waals surface area contributed by atoms with E-state index in [9.17, 15) is 28.8 Å². The predicted molar refractivity (Wildman–Crippen MR) is 204 cm³/mol. The summed E-state index contributed by atoms with van der Waals surface area (Å²) >= 11 is 0. The lowest BCUT2D eigenvalue weighted by Crippen LogP contribution is -2.34. The Morgan fingerprint density at radius 3 is 1.04 bits per heavy atom. The molecule has 0 bridgehead atoms. The first-order valence-electron chi connectivity index (χ1n) is 16.6. The van der Waals surface area contributed by atoms with E-state index in [0.29, 0.717) is 33.8 Å². The number of nitrogens with one attached hydrogen (secondary N) is 6. The Morgan fingerprint density at radius 1 is 0.418 bits per heavy atom. The van der Waals surface area contributed by atoms with Crippen LogP contribution in [0, 0.1) is 0 Å². The van der Waals surface area contributed by atoms with Gasteiger partial charge < -0.3 is 46.1 Å². The smallest absolute Gasteiger partial charge is 0.335 e. The van der Waals surface area contributed by atoms with Crippen molar-refractivity contribution in [2.45, 2.75) is 26.2 Å². The molecule has 0 atom stereocenters. The van der Waals surface area contributed by atoms with E-state index >= 15 is 0 Å². The Morgan fingerprint density at radius 2 is 0.709 bits per heavy atom. The Bertz CT molecular complexity index is 1950. The van der Waals surface area contributed by atoms with Gasteiger partial charge in [-0.25, -0.2) is 28.8 Å². The number of ether oxygens (including phenoxy) is 3. The molecule has 55 heavy (non-hydrogen) atoms. The van der Waals surface area contributed by atoms with E-state index in [-0.39, 0.29) is 37.7 Å². The van der Waals surface area contributed by atoms with Crippen molar-refractivity contribution in [3.05, 3.63) is 151 Å². The molecule has 4 aromatic rings. The Labute approximate surface area is 316 Å². The van der Waals surface area contributed by atoms with Crippen LogP contribution in [-0.4, -0.2) is 36.0 Å². The molecule has 15 heteroatoms. The molecular formula is C40H38N6O9. The molecule has 0 aliphatic rings. The number of carbonyl (C=O) groups excluding carboxylic acids is 6. The lowest BCUT2D eigenvalue weighted by molar-refractivity contribution is -0.129. The van der Waals surface area contributed by atoms with Crippen molar-refractivity contribution in [2.24, 2.45) is 0 Å². The maximum absolute atomic E-state index is 12.7. The highest BCUT2D eigenvalue weighted by molar-refractivity contribution is 5.90. The molecule has 4 aromatic carbocycles. The van der Waals surface area contributed by atoms with E-state index in [0.717, 1.165) is 23.8 Å². The van der Waals surface area contributed by atoms with Gasteiger partial charge in [-0.1, -0.05) is 50.1 Å². The van der Waals surface area contributed by atoms with Crippen molar-refractivity contribution < 1.29 is 43.0 Å². The van der Waals surface area contributed by atoms with E-state index < -0.39 is 36.0 Å². The second-order valence-corrected chi connectivity index (χ2v) is 11.4. The average Bonchev–Trinajstić information content (AvgIpc) is 3.19. The average molecular weight is 747 g/mol. The van der Waals surface area contributed by atoms with Crippen LogP contribution in [-0.2, 0) is 40.6 Å². The van der Waals surface area contributed by atoms with Crippen LogP contribution >= 0.6 is 0 Å². The van der Waals surface area contributed by atoms with Crippen molar-refractivity contribution in [1.29, 1.82) is 0 Å². The first kappa shape index (κ1) is 40.1. The van der Waals surface area contributed by atoms with Gasteiger partial charge in [0.15, 0.2) is 0 Å². The number of amides is 6. The van der Waals surface area contributed by atoms with Gasteiger partial charge in [0.2, 0.25) is 0 Å². The summed E-state index contributed by atoms with van der Waals surface area (Å²) in [5, 5.41) is 16.5. The minimum absolute atomic E-state index is 0.0982. The highest BCUT2D eigenvalue weighted by Crippen LogP contribution is 2.18. The fourth-order valence-corrected chi connectivity index (χ4v) is 4.65. The van der Waals surface area contributed by atoms with Crippen LogP contribution in [0.4, 0.5) is 25.8 Å². The number of esters is 3. The van der Waals surface area contributed by atoms with Gasteiger partial charge in [-0.2, -0.15) is 0 Å². The highest BCUT2D eigenvalue weighted by Gasteiger charge is 2.10. The molecule has 0 fully saturated rings. The molecular weight excluding hydrogens is 708 g/mol. The molecule has 0 aliphatic carbocycles. The quantitative estimate of drug-likeness (QED) is 0.0479. The number of hydrogen-bond donors (Lipinski definition) is 6. The SMILES string of the molecule is C=CC(=O)Oc1ccc(CNC(=O)NCc2cc(CNC(=O)Nc3ccc(OC(=O)C=C)cc3)cc(CNC(=O)Nc3ccc(OC(=O)C=C)cc3)c2)cc1. The van der Waals surface area contributed by atoms with Crippen LogP contribution in [0.1, 0.15) is 22.3 Å².